The monoisotopic (exact) mass is 411 g/mol. The topological polar surface area (TPSA) is 72.5 Å². The van der Waals surface area contributed by atoms with Crippen LogP contribution in [0.15, 0.2) is 78.5 Å². The highest BCUT2D eigenvalue weighted by molar-refractivity contribution is 6.02. The normalized spacial score (nSPS) is 12.0. The Bertz CT molecular complexity index is 1200. The van der Waals surface area contributed by atoms with Gasteiger partial charge in [0.25, 0.3) is 0 Å². The van der Waals surface area contributed by atoms with Gasteiger partial charge in [-0.1, -0.05) is 66.7 Å². The van der Waals surface area contributed by atoms with Crippen LogP contribution in [-0.2, 0) is 20.7 Å². The zero-order valence-electron chi connectivity index (χ0n) is 17.1. The molecule has 154 valence electrons. The standard InChI is InChI=1S/C26H21NO4/c1-17(28)27-24(13-18-7-3-2-4-8-18)26(30)31-16-25(29)21-12-11-20-14-19-9-5-6-10-22(19)23(20)15-21/h2-13,15H,14,16H2,1H3,(H,27,28)/b24-13-. The summed E-state index contributed by atoms with van der Waals surface area (Å²) in [5, 5.41) is 2.47. The first-order valence-corrected chi connectivity index (χ1v) is 9.97. The number of carbonyl (C=O) groups is 3. The number of benzene rings is 3. The van der Waals surface area contributed by atoms with E-state index in [-0.39, 0.29) is 11.5 Å². The van der Waals surface area contributed by atoms with Gasteiger partial charge in [0.05, 0.1) is 0 Å². The van der Waals surface area contributed by atoms with Crippen LogP contribution in [0.3, 0.4) is 0 Å². The van der Waals surface area contributed by atoms with E-state index in [2.05, 4.69) is 11.4 Å². The van der Waals surface area contributed by atoms with Crippen molar-refractivity contribution in [1.29, 1.82) is 0 Å². The van der Waals surface area contributed by atoms with E-state index in [1.165, 1.54) is 24.1 Å². The zero-order chi connectivity index (χ0) is 21.8. The number of hydrogen-bond donors (Lipinski definition) is 1. The lowest BCUT2D eigenvalue weighted by molar-refractivity contribution is -0.139. The minimum absolute atomic E-state index is 0.0191. The van der Waals surface area contributed by atoms with E-state index >= 15 is 0 Å². The molecule has 0 aromatic heterocycles. The molecule has 4 rings (SSSR count). The third-order valence-corrected chi connectivity index (χ3v) is 5.10. The van der Waals surface area contributed by atoms with Crippen LogP contribution in [0, 0.1) is 0 Å². The first-order chi connectivity index (χ1) is 15.0. The molecule has 0 spiro atoms. The number of esters is 1. The van der Waals surface area contributed by atoms with E-state index in [9.17, 15) is 14.4 Å². The van der Waals surface area contributed by atoms with Crippen molar-refractivity contribution in [2.24, 2.45) is 0 Å². The molecule has 1 aliphatic rings. The van der Waals surface area contributed by atoms with E-state index in [1.807, 2.05) is 48.5 Å². The predicted molar refractivity (Wildman–Crippen MR) is 118 cm³/mol. The van der Waals surface area contributed by atoms with E-state index in [4.69, 9.17) is 4.74 Å². The fourth-order valence-corrected chi connectivity index (χ4v) is 3.64. The predicted octanol–water partition coefficient (Wildman–Crippen LogP) is 4.16. The zero-order valence-corrected chi connectivity index (χ0v) is 17.1. The van der Waals surface area contributed by atoms with Gasteiger partial charge in [-0.05, 0) is 46.4 Å². The van der Waals surface area contributed by atoms with Crippen LogP contribution < -0.4 is 5.32 Å². The molecule has 0 aliphatic heterocycles. The summed E-state index contributed by atoms with van der Waals surface area (Å²) in [5.74, 6) is -1.47. The second-order valence-electron chi connectivity index (χ2n) is 7.36. The minimum Gasteiger partial charge on any atom is -0.453 e. The molecule has 31 heavy (non-hydrogen) atoms. The average Bonchev–Trinajstić information content (AvgIpc) is 3.15. The molecule has 0 fully saturated rings. The largest absolute Gasteiger partial charge is 0.453 e. The molecule has 0 heterocycles. The van der Waals surface area contributed by atoms with Crippen molar-refractivity contribution < 1.29 is 19.1 Å². The molecule has 1 aliphatic carbocycles. The molecule has 3 aromatic carbocycles. The van der Waals surface area contributed by atoms with Crippen LogP contribution in [0.25, 0.3) is 17.2 Å². The average molecular weight is 411 g/mol. The molecule has 1 N–H and O–H groups in total. The van der Waals surface area contributed by atoms with E-state index in [0.717, 1.165) is 23.1 Å². The van der Waals surface area contributed by atoms with Crippen molar-refractivity contribution in [3.63, 3.8) is 0 Å². The number of ether oxygens (including phenoxy) is 1. The highest BCUT2D eigenvalue weighted by Crippen LogP contribution is 2.36. The van der Waals surface area contributed by atoms with Crippen molar-refractivity contribution in [3.05, 3.63) is 101 Å². The Balaban J connectivity index is 1.47. The fraction of sp³-hybridized carbons (Fsp3) is 0.115. The molecule has 0 saturated heterocycles. The maximum atomic E-state index is 12.7. The summed E-state index contributed by atoms with van der Waals surface area (Å²) in [6.07, 6.45) is 2.36. The quantitative estimate of drug-likeness (QED) is 0.294. The van der Waals surface area contributed by atoms with Crippen molar-refractivity contribution in [2.45, 2.75) is 13.3 Å². The van der Waals surface area contributed by atoms with Crippen molar-refractivity contribution in [2.75, 3.05) is 6.61 Å². The molecule has 0 saturated carbocycles. The van der Waals surface area contributed by atoms with Gasteiger partial charge in [-0.3, -0.25) is 9.59 Å². The van der Waals surface area contributed by atoms with Crippen molar-refractivity contribution >= 4 is 23.7 Å². The molecular weight excluding hydrogens is 390 g/mol. The molecule has 3 aromatic rings. The Morgan fingerprint density at radius 2 is 1.61 bits per heavy atom. The Hall–Kier alpha value is -3.99. The van der Waals surface area contributed by atoms with Gasteiger partial charge in [-0.15, -0.1) is 0 Å². The number of ketones is 1. The van der Waals surface area contributed by atoms with Gasteiger partial charge in [0, 0.05) is 12.5 Å². The summed E-state index contributed by atoms with van der Waals surface area (Å²) in [6.45, 7) is 0.893. The van der Waals surface area contributed by atoms with Gasteiger partial charge in [0.15, 0.2) is 12.4 Å². The molecule has 0 bridgehead atoms. The third kappa shape index (κ3) is 4.61. The third-order valence-electron chi connectivity index (χ3n) is 5.10. The van der Waals surface area contributed by atoms with Crippen LogP contribution in [0.4, 0.5) is 0 Å². The molecular formula is C26H21NO4. The number of carbonyl (C=O) groups excluding carboxylic acids is 3. The summed E-state index contributed by atoms with van der Waals surface area (Å²) in [6, 6.07) is 22.7. The summed E-state index contributed by atoms with van der Waals surface area (Å²) >= 11 is 0. The number of Topliss-reactive ketones (excluding diaryl/α,β-unsaturated/α-hetero) is 1. The molecule has 5 nitrogen and oxygen atoms in total. The lowest BCUT2D eigenvalue weighted by Gasteiger charge is -2.09. The summed E-state index contributed by atoms with van der Waals surface area (Å²) in [5.41, 5.74) is 5.77. The smallest absolute Gasteiger partial charge is 0.355 e. The first kappa shape index (κ1) is 20.3. The van der Waals surface area contributed by atoms with Gasteiger partial charge in [-0.2, -0.15) is 0 Å². The van der Waals surface area contributed by atoms with Crippen LogP contribution in [0.1, 0.15) is 34.0 Å². The Labute approximate surface area is 180 Å². The first-order valence-electron chi connectivity index (χ1n) is 9.97. The number of amides is 1. The molecule has 0 atom stereocenters. The second-order valence-corrected chi connectivity index (χ2v) is 7.36. The van der Waals surface area contributed by atoms with E-state index in [0.29, 0.717) is 5.56 Å². The fourth-order valence-electron chi connectivity index (χ4n) is 3.64. The van der Waals surface area contributed by atoms with Crippen molar-refractivity contribution in [1.82, 2.24) is 5.32 Å². The van der Waals surface area contributed by atoms with Crippen LogP contribution in [0.5, 0.6) is 0 Å². The highest BCUT2D eigenvalue weighted by Gasteiger charge is 2.20. The Morgan fingerprint density at radius 3 is 2.39 bits per heavy atom. The Morgan fingerprint density at radius 1 is 0.903 bits per heavy atom. The lowest BCUT2D eigenvalue weighted by atomic mass is 10.0. The molecule has 0 unspecified atom stereocenters. The van der Waals surface area contributed by atoms with Gasteiger partial charge in [0.2, 0.25) is 5.91 Å². The SMILES string of the molecule is CC(=O)N/C(=C\c1ccccc1)C(=O)OCC(=O)c1ccc2c(c1)-c1ccccc1C2. The van der Waals surface area contributed by atoms with Gasteiger partial charge in [-0.25, -0.2) is 4.79 Å². The van der Waals surface area contributed by atoms with Crippen LogP contribution in [0.2, 0.25) is 0 Å². The highest BCUT2D eigenvalue weighted by atomic mass is 16.5. The van der Waals surface area contributed by atoms with Gasteiger partial charge in [0.1, 0.15) is 5.70 Å². The lowest BCUT2D eigenvalue weighted by Crippen LogP contribution is -2.27. The van der Waals surface area contributed by atoms with Crippen molar-refractivity contribution in [3.8, 4) is 11.1 Å². The van der Waals surface area contributed by atoms with Crippen LogP contribution in [-0.4, -0.2) is 24.3 Å². The Kier molecular flexibility index (Phi) is 5.76. The maximum absolute atomic E-state index is 12.7. The maximum Gasteiger partial charge on any atom is 0.355 e. The second kappa shape index (κ2) is 8.79. The number of nitrogens with one attached hydrogen (secondary N) is 1. The molecule has 1 amide bonds. The van der Waals surface area contributed by atoms with E-state index < -0.39 is 18.5 Å². The number of rotatable bonds is 6. The van der Waals surface area contributed by atoms with Crippen LogP contribution >= 0.6 is 0 Å². The van der Waals surface area contributed by atoms with E-state index in [1.54, 1.807) is 18.2 Å². The summed E-state index contributed by atoms with van der Waals surface area (Å²) < 4.78 is 5.21. The van der Waals surface area contributed by atoms with Gasteiger partial charge < -0.3 is 10.1 Å². The summed E-state index contributed by atoms with van der Waals surface area (Å²) in [4.78, 5) is 36.7. The molecule has 5 heteroatoms. The number of hydrogen-bond acceptors (Lipinski definition) is 4. The summed E-state index contributed by atoms with van der Waals surface area (Å²) in [7, 11) is 0. The number of fused-ring (bicyclic) bond motifs is 3. The minimum atomic E-state index is -0.765. The van der Waals surface area contributed by atoms with Gasteiger partial charge >= 0.3 is 5.97 Å². The molecule has 0 radical (unpaired) electrons.